The van der Waals surface area contributed by atoms with Crippen LogP contribution in [0.5, 0.6) is 0 Å². The Bertz CT molecular complexity index is 488. The van der Waals surface area contributed by atoms with Crippen LogP contribution in [0.2, 0.25) is 0 Å². The maximum Gasteiger partial charge on any atom is 0.127 e. The number of aromatic nitrogens is 2. The number of aryl methyl sites for hydroxylation is 2. The van der Waals surface area contributed by atoms with Gasteiger partial charge in [-0.05, 0) is 43.5 Å². The van der Waals surface area contributed by atoms with Gasteiger partial charge in [0.1, 0.15) is 5.82 Å². The topological polar surface area (TPSA) is 40.7 Å². The Morgan fingerprint density at radius 2 is 2.11 bits per heavy atom. The van der Waals surface area contributed by atoms with Crippen molar-refractivity contribution in [1.29, 1.82) is 0 Å². The highest BCUT2D eigenvalue weighted by Gasteiger charge is 2.15. The first-order valence-electron chi connectivity index (χ1n) is 6.52. The van der Waals surface area contributed by atoms with E-state index in [4.69, 9.17) is 0 Å². The molecule has 0 aliphatic rings. The summed E-state index contributed by atoms with van der Waals surface area (Å²) in [6.45, 7) is 7.45. The molecule has 1 aromatic carbocycles. The number of nitrogens with zero attached hydrogens (tertiary/aromatic N) is 1. The molecule has 18 heavy (non-hydrogen) atoms. The third-order valence-electron chi connectivity index (χ3n) is 3.26. The monoisotopic (exact) mass is 243 g/mol. The van der Waals surface area contributed by atoms with Crippen LogP contribution in [0.1, 0.15) is 41.9 Å². The van der Waals surface area contributed by atoms with Crippen molar-refractivity contribution < 1.29 is 0 Å². The summed E-state index contributed by atoms with van der Waals surface area (Å²) in [4.78, 5) is 7.58. The molecule has 3 heteroatoms. The van der Waals surface area contributed by atoms with E-state index in [2.05, 4.69) is 54.3 Å². The van der Waals surface area contributed by atoms with Crippen molar-refractivity contribution in [2.24, 2.45) is 0 Å². The normalized spacial score (nSPS) is 12.6. The predicted octanol–water partition coefficient (Wildman–Crippen LogP) is 3.12. The second-order valence-corrected chi connectivity index (χ2v) is 4.71. The number of nitrogens with one attached hydrogen (secondary N) is 2. The van der Waals surface area contributed by atoms with Crippen molar-refractivity contribution in [3.63, 3.8) is 0 Å². The summed E-state index contributed by atoms with van der Waals surface area (Å²) in [6, 6.07) is 6.75. The van der Waals surface area contributed by atoms with Crippen LogP contribution >= 0.6 is 0 Å². The van der Waals surface area contributed by atoms with Crippen LogP contribution in [0.3, 0.4) is 0 Å². The van der Waals surface area contributed by atoms with Crippen molar-refractivity contribution in [2.75, 3.05) is 6.54 Å². The number of H-pyrrole nitrogens is 1. The Labute approximate surface area is 109 Å². The number of hydrogen-bond donors (Lipinski definition) is 2. The summed E-state index contributed by atoms with van der Waals surface area (Å²) in [5, 5.41) is 3.54. The number of rotatable bonds is 5. The molecule has 0 saturated heterocycles. The van der Waals surface area contributed by atoms with Gasteiger partial charge in [0.05, 0.1) is 6.04 Å². The minimum absolute atomic E-state index is 0.152. The maximum atomic E-state index is 4.38. The number of hydrogen-bond acceptors (Lipinski definition) is 2. The van der Waals surface area contributed by atoms with Crippen molar-refractivity contribution >= 4 is 0 Å². The lowest BCUT2D eigenvalue weighted by Crippen LogP contribution is -2.24. The second kappa shape index (κ2) is 5.83. The first-order chi connectivity index (χ1) is 8.72. The Morgan fingerprint density at radius 1 is 1.28 bits per heavy atom. The van der Waals surface area contributed by atoms with E-state index in [1.165, 1.54) is 16.7 Å². The zero-order chi connectivity index (χ0) is 13.0. The van der Waals surface area contributed by atoms with Gasteiger partial charge < -0.3 is 10.3 Å². The van der Waals surface area contributed by atoms with Gasteiger partial charge in [-0.2, -0.15) is 0 Å². The highest BCUT2D eigenvalue weighted by Crippen LogP contribution is 2.21. The minimum Gasteiger partial charge on any atom is -0.347 e. The average molecular weight is 243 g/mol. The summed E-state index contributed by atoms with van der Waals surface area (Å²) >= 11 is 0. The first-order valence-corrected chi connectivity index (χ1v) is 6.52. The fraction of sp³-hybridized carbons (Fsp3) is 0.400. The average Bonchev–Trinajstić information content (AvgIpc) is 2.88. The molecule has 3 nitrogen and oxygen atoms in total. The molecule has 2 N–H and O–H groups in total. The summed E-state index contributed by atoms with van der Waals surface area (Å²) in [5.41, 5.74) is 3.91. The summed E-state index contributed by atoms with van der Waals surface area (Å²) in [5.74, 6) is 0.978. The van der Waals surface area contributed by atoms with Crippen LogP contribution < -0.4 is 5.32 Å². The zero-order valence-corrected chi connectivity index (χ0v) is 11.3. The molecular weight excluding hydrogens is 222 g/mol. The molecule has 0 aliphatic heterocycles. The Kier molecular flexibility index (Phi) is 4.15. The molecule has 0 spiro atoms. The minimum atomic E-state index is 0.152. The van der Waals surface area contributed by atoms with Gasteiger partial charge >= 0.3 is 0 Å². The third kappa shape index (κ3) is 2.79. The number of aromatic amines is 1. The van der Waals surface area contributed by atoms with Gasteiger partial charge in [-0.15, -0.1) is 0 Å². The largest absolute Gasteiger partial charge is 0.347 e. The van der Waals surface area contributed by atoms with Crippen LogP contribution in [0, 0.1) is 13.8 Å². The molecule has 0 fully saturated rings. The quantitative estimate of drug-likeness (QED) is 0.847. The molecular formula is C15H21N3. The molecule has 0 bridgehead atoms. The van der Waals surface area contributed by atoms with E-state index in [-0.39, 0.29) is 6.04 Å². The number of imidazole rings is 1. The molecule has 0 saturated carbocycles. The first kappa shape index (κ1) is 12.8. The molecule has 0 radical (unpaired) electrons. The van der Waals surface area contributed by atoms with Crippen LogP contribution in [-0.4, -0.2) is 16.5 Å². The Hall–Kier alpha value is -1.61. The van der Waals surface area contributed by atoms with E-state index in [0.717, 1.165) is 18.8 Å². The molecule has 0 aliphatic carbocycles. The van der Waals surface area contributed by atoms with Gasteiger partial charge in [0.15, 0.2) is 0 Å². The smallest absolute Gasteiger partial charge is 0.127 e. The third-order valence-corrected chi connectivity index (χ3v) is 3.26. The molecule has 96 valence electrons. The Balaban J connectivity index is 2.30. The van der Waals surface area contributed by atoms with Crippen LogP contribution in [-0.2, 0) is 0 Å². The lowest BCUT2D eigenvalue weighted by Gasteiger charge is -2.18. The van der Waals surface area contributed by atoms with Crippen molar-refractivity contribution in [3.8, 4) is 0 Å². The van der Waals surface area contributed by atoms with Crippen molar-refractivity contribution in [3.05, 3.63) is 53.1 Å². The molecule has 1 heterocycles. The second-order valence-electron chi connectivity index (χ2n) is 4.71. The van der Waals surface area contributed by atoms with Gasteiger partial charge in [-0.3, -0.25) is 0 Å². The van der Waals surface area contributed by atoms with E-state index < -0.39 is 0 Å². The fourth-order valence-electron chi connectivity index (χ4n) is 2.04. The van der Waals surface area contributed by atoms with Gasteiger partial charge in [-0.25, -0.2) is 4.98 Å². The molecule has 2 rings (SSSR count). The molecule has 0 amide bonds. The Morgan fingerprint density at radius 3 is 2.72 bits per heavy atom. The van der Waals surface area contributed by atoms with Gasteiger partial charge in [-0.1, -0.05) is 25.1 Å². The van der Waals surface area contributed by atoms with Gasteiger partial charge in [0.2, 0.25) is 0 Å². The lowest BCUT2D eigenvalue weighted by molar-refractivity contribution is 0.576. The molecule has 1 aromatic heterocycles. The highest BCUT2D eigenvalue weighted by molar-refractivity contribution is 5.34. The maximum absolute atomic E-state index is 4.38. The summed E-state index contributed by atoms with van der Waals surface area (Å²) < 4.78 is 0. The van der Waals surface area contributed by atoms with E-state index >= 15 is 0 Å². The van der Waals surface area contributed by atoms with Crippen LogP contribution in [0.4, 0.5) is 0 Å². The van der Waals surface area contributed by atoms with E-state index in [9.17, 15) is 0 Å². The van der Waals surface area contributed by atoms with Crippen molar-refractivity contribution in [1.82, 2.24) is 15.3 Å². The van der Waals surface area contributed by atoms with E-state index in [1.807, 2.05) is 6.20 Å². The van der Waals surface area contributed by atoms with Crippen LogP contribution in [0.25, 0.3) is 0 Å². The van der Waals surface area contributed by atoms with Gasteiger partial charge in [0, 0.05) is 12.4 Å². The van der Waals surface area contributed by atoms with E-state index in [0.29, 0.717) is 0 Å². The van der Waals surface area contributed by atoms with E-state index in [1.54, 1.807) is 6.20 Å². The summed E-state index contributed by atoms with van der Waals surface area (Å²) in [6.07, 6.45) is 4.79. The lowest BCUT2D eigenvalue weighted by atomic mass is 10.0. The highest BCUT2D eigenvalue weighted by atomic mass is 15.0. The molecule has 2 aromatic rings. The predicted molar refractivity (Wildman–Crippen MR) is 74.6 cm³/mol. The van der Waals surface area contributed by atoms with Crippen LogP contribution in [0.15, 0.2) is 30.6 Å². The van der Waals surface area contributed by atoms with Crippen molar-refractivity contribution in [2.45, 2.75) is 33.2 Å². The summed E-state index contributed by atoms with van der Waals surface area (Å²) in [7, 11) is 0. The molecule has 1 atom stereocenters. The van der Waals surface area contributed by atoms with Gasteiger partial charge in [0.25, 0.3) is 0 Å². The number of benzene rings is 1. The molecule has 1 unspecified atom stereocenters. The SMILES string of the molecule is CCCNC(c1ccc(C)c(C)c1)c1ncc[nH]1. The standard InChI is InChI=1S/C15H21N3/c1-4-7-16-14(15-17-8-9-18-15)13-6-5-11(2)12(3)10-13/h5-6,8-10,14,16H,4,7H2,1-3H3,(H,17,18). The zero-order valence-electron chi connectivity index (χ0n) is 11.3. The fourth-order valence-corrected chi connectivity index (χ4v) is 2.04.